The second-order valence-electron chi connectivity index (χ2n) is 10.6. The van der Waals surface area contributed by atoms with E-state index in [0.717, 1.165) is 33.3 Å². The number of imidazole rings is 1. The van der Waals surface area contributed by atoms with E-state index in [-0.39, 0.29) is 12.2 Å². The minimum absolute atomic E-state index is 0.146. The lowest BCUT2D eigenvalue weighted by molar-refractivity contribution is -0.0548. The van der Waals surface area contributed by atoms with Gasteiger partial charge in [0.15, 0.2) is 5.82 Å². The number of likely N-dealkylation sites (N-methyl/N-ethyl adjacent to an activating group) is 1. The number of aromatic nitrogens is 7. The minimum Gasteiger partial charge on any atom is -0.340 e. The topological polar surface area (TPSA) is 103 Å². The summed E-state index contributed by atoms with van der Waals surface area (Å²) in [4.78, 5) is 14.0. The maximum absolute atomic E-state index is 14.7. The number of benzene rings is 2. The molecule has 1 aliphatic heterocycles. The highest BCUT2D eigenvalue weighted by Crippen LogP contribution is 2.47. The van der Waals surface area contributed by atoms with Crippen molar-refractivity contribution in [3.63, 3.8) is 0 Å². The van der Waals surface area contributed by atoms with Gasteiger partial charge in [-0.3, -0.25) is 10.00 Å². The third-order valence-corrected chi connectivity index (χ3v) is 7.78. The number of H-pyrrole nitrogens is 2. The van der Waals surface area contributed by atoms with Crippen LogP contribution < -0.4 is 5.32 Å². The minimum atomic E-state index is -2.98. The molecule has 0 atom stereocenters. The molecule has 1 aliphatic carbocycles. The molecule has 39 heavy (non-hydrogen) atoms. The van der Waals surface area contributed by atoms with Crippen molar-refractivity contribution in [1.82, 2.24) is 39.8 Å². The number of fused-ring (bicyclic) bond motifs is 2. The largest absolute Gasteiger partial charge is 0.340 e. The highest BCUT2D eigenvalue weighted by molar-refractivity contribution is 5.89. The number of nitrogens with one attached hydrogen (secondary N) is 3. The van der Waals surface area contributed by atoms with E-state index in [0.29, 0.717) is 42.3 Å². The molecule has 200 valence electrons. The smallest absolute Gasteiger partial charge is 0.303 e. The zero-order valence-electron chi connectivity index (χ0n) is 22.0. The molecule has 4 heterocycles. The van der Waals surface area contributed by atoms with E-state index in [2.05, 4.69) is 36.6 Å². The number of hydrogen-bond donors (Lipinski definition) is 3. The number of rotatable bonds is 6. The molecule has 0 radical (unpaired) electrons. The van der Waals surface area contributed by atoms with Gasteiger partial charge in [-0.15, -0.1) is 5.10 Å². The van der Waals surface area contributed by atoms with Gasteiger partial charge >= 0.3 is 5.92 Å². The summed E-state index contributed by atoms with van der Waals surface area (Å²) in [7, 11) is 1.86. The van der Waals surface area contributed by atoms with Crippen LogP contribution in [0.15, 0.2) is 36.5 Å². The van der Waals surface area contributed by atoms with E-state index < -0.39 is 5.92 Å². The lowest BCUT2D eigenvalue weighted by atomic mass is 10.0. The Bertz CT molecular complexity index is 1710. The Balaban J connectivity index is 1.18. The summed E-state index contributed by atoms with van der Waals surface area (Å²) in [5, 5.41) is 16.5. The van der Waals surface area contributed by atoms with Crippen molar-refractivity contribution in [2.75, 3.05) is 18.4 Å². The van der Waals surface area contributed by atoms with E-state index in [1.54, 1.807) is 9.58 Å². The summed E-state index contributed by atoms with van der Waals surface area (Å²) in [6, 6.07) is 9.87. The fourth-order valence-corrected chi connectivity index (χ4v) is 5.58. The summed E-state index contributed by atoms with van der Waals surface area (Å²) in [5.74, 6) is -0.780. The summed E-state index contributed by atoms with van der Waals surface area (Å²) in [5.41, 5.74) is 6.16. The zero-order chi connectivity index (χ0) is 26.9. The highest BCUT2D eigenvalue weighted by Gasteiger charge is 2.43. The molecule has 2 aliphatic rings. The quantitative estimate of drug-likeness (QED) is 0.264. The van der Waals surface area contributed by atoms with Gasteiger partial charge in [0, 0.05) is 35.8 Å². The van der Waals surface area contributed by atoms with Gasteiger partial charge in [0.05, 0.1) is 24.0 Å². The summed E-state index contributed by atoms with van der Waals surface area (Å²) in [6.07, 6.45) is 4.22. The molecule has 11 heteroatoms. The number of hydrogen-bond acceptors (Lipinski definition) is 6. The van der Waals surface area contributed by atoms with Crippen LogP contribution in [0.4, 0.5) is 20.4 Å². The fraction of sp³-hybridized carbons (Fsp3) is 0.357. The third kappa shape index (κ3) is 4.08. The van der Waals surface area contributed by atoms with Crippen molar-refractivity contribution in [2.24, 2.45) is 7.05 Å². The SMILES string of the molecule is CCN1Cc2[nH]c(-c3ccc(-c4nc(Nc5ccc6[nH]ncc6c5C5CC5)n(C)n4)cc3C)nc2C(F)(F)C1. The van der Waals surface area contributed by atoms with Gasteiger partial charge in [0.1, 0.15) is 11.5 Å². The zero-order valence-corrected chi connectivity index (χ0v) is 22.0. The van der Waals surface area contributed by atoms with Crippen LogP contribution in [-0.2, 0) is 19.5 Å². The summed E-state index contributed by atoms with van der Waals surface area (Å²) in [6.45, 7) is 4.53. The molecule has 1 fully saturated rings. The van der Waals surface area contributed by atoms with Crippen LogP contribution >= 0.6 is 0 Å². The number of anilines is 2. The Morgan fingerprint density at radius 1 is 1.15 bits per heavy atom. The van der Waals surface area contributed by atoms with Gasteiger partial charge in [0.25, 0.3) is 0 Å². The lowest BCUT2D eigenvalue weighted by Gasteiger charge is -2.30. The molecule has 0 spiro atoms. The van der Waals surface area contributed by atoms with Crippen LogP contribution in [0.1, 0.15) is 48.2 Å². The maximum Gasteiger partial charge on any atom is 0.303 e. The first kappa shape index (κ1) is 24.0. The van der Waals surface area contributed by atoms with Crippen molar-refractivity contribution in [3.05, 3.63) is 59.0 Å². The van der Waals surface area contributed by atoms with Crippen LogP contribution in [0.3, 0.4) is 0 Å². The highest BCUT2D eigenvalue weighted by atomic mass is 19.3. The van der Waals surface area contributed by atoms with E-state index in [1.807, 2.05) is 51.4 Å². The van der Waals surface area contributed by atoms with E-state index >= 15 is 0 Å². The van der Waals surface area contributed by atoms with Crippen LogP contribution in [-0.4, -0.2) is 52.9 Å². The monoisotopic (exact) mass is 529 g/mol. The molecule has 0 saturated heterocycles. The van der Waals surface area contributed by atoms with Gasteiger partial charge in [-0.25, -0.2) is 9.67 Å². The number of nitrogens with zero attached hydrogens (tertiary/aromatic N) is 6. The molecule has 7 rings (SSSR count). The van der Waals surface area contributed by atoms with Crippen LogP contribution in [0.25, 0.3) is 33.7 Å². The standard InChI is InChI=1S/C28H29F2N9/c1-4-39-13-22-24(28(29,30)14-39)34-26(32-22)18-8-7-17(11-15(18)2)25-35-27(38(3)37-25)33-21-10-9-20-19(12-31-36-20)23(21)16-5-6-16/h7-12,16H,4-6,13-14H2,1-3H3,(H,31,36)(H,32,34)(H,33,35,37). The molecule has 3 aromatic heterocycles. The molecule has 2 aromatic carbocycles. The Kier molecular flexibility index (Phi) is 5.35. The van der Waals surface area contributed by atoms with Crippen LogP contribution in [0.2, 0.25) is 0 Å². The Morgan fingerprint density at radius 2 is 2.00 bits per heavy atom. The molecule has 0 unspecified atom stereocenters. The van der Waals surface area contributed by atoms with Crippen molar-refractivity contribution in [2.45, 2.75) is 45.1 Å². The van der Waals surface area contributed by atoms with Crippen molar-refractivity contribution < 1.29 is 8.78 Å². The fourth-order valence-electron chi connectivity index (χ4n) is 5.58. The maximum atomic E-state index is 14.7. The molecule has 3 N–H and O–H groups in total. The average Bonchev–Trinajstić information content (AvgIpc) is 3.28. The average molecular weight is 530 g/mol. The number of halogens is 2. The van der Waals surface area contributed by atoms with Gasteiger partial charge in [-0.1, -0.05) is 19.1 Å². The summed E-state index contributed by atoms with van der Waals surface area (Å²) >= 11 is 0. The van der Waals surface area contributed by atoms with Crippen molar-refractivity contribution >= 4 is 22.5 Å². The predicted octanol–water partition coefficient (Wildman–Crippen LogP) is 5.61. The number of aromatic amines is 2. The first-order valence-corrected chi connectivity index (χ1v) is 13.3. The van der Waals surface area contributed by atoms with E-state index in [9.17, 15) is 8.78 Å². The Labute approximate surface area is 223 Å². The van der Waals surface area contributed by atoms with E-state index in [4.69, 9.17) is 4.98 Å². The second kappa shape index (κ2) is 8.70. The van der Waals surface area contributed by atoms with Gasteiger partial charge in [-0.05, 0) is 61.6 Å². The van der Waals surface area contributed by atoms with E-state index in [1.165, 1.54) is 18.4 Å². The normalized spacial score (nSPS) is 17.1. The Morgan fingerprint density at radius 3 is 2.77 bits per heavy atom. The van der Waals surface area contributed by atoms with Gasteiger partial charge in [0.2, 0.25) is 5.95 Å². The predicted molar refractivity (Wildman–Crippen MR) is 145 cm³/mol. The second-order valence-corrected chi connectivity index (χ2v) is 10.6. The van der Waals surface area contributed by atoms with Gasteiger partial charge in [-0.2, -0.15) is 18.9 Å². The van der Waals surface area contributed by atoms with Gasteiger partial charge < -0.3 is 10.3 Å². The molecular weight excluding hydrogens is 500 g/mol. The Hall–Kier alpha value is -4.12. The molecule has 5 aromatic rings. The number of aryl methyl sites for hydroxylation is 2. The molecular formula is C28H29F2N9. The molecule has 0 bridgehead atoms. The summed E-state index contributed by atoms with van der Waals surface area (Å²) < 4.78 is 31.2. The van der Waals surface area contributed by atoms with Crippen LogP contribution in [0, 0.1) is 6.92 Å². The van der Waals surface area contributed by atoms with Crippen molar-refractivity contribution in [3.8, 4) is 22.8 Å². The molecule has 0 amide bonds. The third-order valence-electron chi connectivity index (χ3n) is 7.78. The van der Waals surface area contributed by atoms with Crippen LogP contribution in [0.5, 0.6) is 0 Å². The molecule has 9 nitrogen and oxygen atoms in total. The first-order chi connectivity index (χ1) is 18.8. The number of alkyl halides is 2. The molecule has 1 saturated carbocycles. The first-order valence-electron chi connectivity index (χ1n) is 13.3. The lowest BCUT2D eigenvalue weighted by Crippen LogP contribution is -2.40. The van der Waals surface area contributed by atoms with Crippen molar-refractivity contribution in [1.29, 1.82) is 0 Å².